The molecule has 0 aromatic carbocycles. The van der Waals surface area contributed by atoms with Gasteiger partial charge in [0.05, 0.1) is 5.57 Å². The van der Waals surface area contributed by atoms with Crippen molar-refractivity contribution in [2.75, 3.05) is 0 Å². The summed E-state index contributed by atoms with van der Waals surface area (Å²) in [6.45, 7) is 0. The van der Waals surface area contributed by atoms with Crippen molar-refractivity contribution in [2.45, 2.75) is 0 Å². The highest BCUT2D eigenvalue weighted by molar-refractivity contribution is 6.33. The Morgan fingerprint density at radius 3 is 2.38 bits per heavy atom. The van der Waals surface area contributed by atoms with Crippen LogP contribution in [0.15, 0.2) is 24.8 Å². The summed E-state index contributed by atoms with van der Waals surface area (Å²) in [4.78, 5) is 29.4. The van der Waals surface area contributed by atoms with Gasteiger partial charge in [0.1, 0.15) is 6.33 Å². The average molecular weight is 175 g/mol. The average Bonchev–Trinajstić information content (AvgIpc) is 2.47. The van der Waals surface area contributed by atoms with Crippen LogP contribution in [0.25, 0.3) is 5.57 Å². The second kappa shape index (κ2) is 2.78. The number of hydrogen-bond donors (Lipinski definition) is 1. The van der Waals surface area contributed by atoms with Gasteiger partial charge in [0.2, 0.25) is 0 Å². The number of nitrogens with one attached hydrogen (secondary N) is 1. The van der Waals surface area contributed by atoms with Crippen LogP contribution in [-0.2, 0) is 9.59 Å². The van der Waals surface area contributed by atoms with Crippen molar-refractivity contribution in [2.24, 2.45) is 0 Å². The van der Waals surface area contributed by atoms with E-state index in [9.17, 15) is 9.59 Å². The quantitative estimate of drug-likeness (QED) is 0.585. The second-order valence-corrected chi connectivity index (χ2v) is 2.50. The Bertz CT molecular complexity index is 397. The molecule has 2 amide bonds. The maximum atomic E-state index is 11.1. The third-order valence-electron chi connectivity index (χ3n) is 1.63. The van der Waals surface area contributed by atoms with E-state index in [1.165, 1.54) is 24.8 Å². The number of hydrogen-bond acceptors (Lipinski definition) is 4. The zero-order chi connectivity index (χ0) is 9.26. The first-order chi connectivity index (χ1) is 6.27. The van der Waals surface area contributed by atoms with E-state index in [-0.39, 0.29) is 0 Å². The number of imide groups is 1. The van der Waals surface area contributed by atoms with Gasteiger partial charge in [-0.15, -0.1) is 0 Å². The molecule has 0 saturated carbocycles. The minimum atomic E-state index is -0.403. The van der Waals surface area contributed by atoms with Gasteiger partial charge in [0.25, 0.3) is 11.8 Å². The lowest BCUT2D eigenvalue weighted by Gasteiger charge is -1.96. The van der Waals surface area contributed by atoms with Crippen molar-refractivity contribution >= 4 is 17.4 Å². The molecule has 0 bridgehead atoms. The molecule has 0 atom stereocenters. The molecule has 1 aliphatic heterocycles. The summed E-state index contributed by atoms with van der Waals surface area (Å²) in [7, 11) is 0. The van der Waals surface area contributed by atoms with Crippen molar-refractivity contribution < 1.29 is 9.59 Å². The smallest absolute Gasteiger partial charge is 0.259 e. The molecule has 1 aromatic heterocycles. The number of carbonyl (C=O) groups is 2. The third kappa shape index (κ3) is 1.31. The lowest BCUT2D eigenvalue weighted by Crippen LogP contribution is -2.21. The lowest BCUT2D eigenvalue weighted by molar-refractivity contribution is -0.123. The molecular weight excluding hydrogens is 170 g/mol. The maximum Gasteiger partial charge on any atom is 0.259 e. The molecule has 0 aliphatic carbocycles. The van der Waals surface area contributed by atoms with E-state index in [1.807, 2.05) is 0 Å². The molecule has 0 radical (unpaired) electrons. The van der Waals surface area contributed by atoms with Crippen molar-refractivity contribution in [1.29, 1.82) is 0 Å². The topological polar surface area (TPSA) is 72.0 Å². The number of carbonyl (C=O) groups excluding carboxylic acids is 2. The Kier molecular flexibility index (Phi) is 1.63. The number of amides is 2. The maximum absolute atomic E-state index is 11.1. The SMILES string of the molecule is O=C1C=C(c2cncnc2)C(=O)N1. The second-order valence-electron chi connectivity index (χ2n) is 2.50. The molecule has 0 unspecified atom stereocenters. The number of nitrogens with zero attached hydrogens (tertiary/aromatic N) is 2. The lowest BCUT2D eigenvalue weighted by atomic mass is 10.1. The molecule has 1 N–H and O–H groups in total. The molecular formula is C8H5N3O2. The van der Waals surface area contributed by atoms with E-state index in [2.05, 4.69) is 15.3 Å². The normalized spacial score (nSPS) is 15.5. The standard InChI is InChI=1S/C8H5N3O2/c12-7-1-6(8(13)11-7)5-2-9-4-10-3-5/h1-4H,(H,11,12,13). The molecule has 0 fully saturated rings. The highest BCUT2D eigenvalue weighted by Crippen LogP contribution is 2.15. The van der Waals surface area contributed by atoms with Crippen molar-refractivity contribution in [3.05, 3.63) is 30.4 Å². The number of aromatic nitrogens is 2. The van der Waals surface area contributed by atoms with Gasteiger partial charge in [-0.25, -0.2) is 9.97 Å². The highest BCUT2D eigenvalue weighted by Gasteiger charge is 2.21. The van der Waals surface area contributed by atoms with Crippen LogP contribution in [0.4, 0.5) is 0 Å². The Balaban J connectivity index is 2.43. The van der Waals surface area contributed by atoms with Gasteiger partial charge in [-0.05, 0) is 0 Å². The van der Waals surface area contributed by atoms with E-state index in [0.717, 1.165) is 0 Å². The fraction of sp³-hybridized carbons (Fsp3) is 0. The van der Waals surface area contributed by atoms with Gasteiger partial charge < -0.3 is 0 Å². The molecule has 2 rings (SSSR count). The van der Waals surface area contributed by atoms with Gasteiger partial charge in [0.15, 0.2) is 0 Å². The molecule has 64 valence electrons. The first-order valence-electron chi connectivity index (χ1n) is 3.60. The van der Waals surface area contributed by atoms with Crippen LogP contribution in [0, 0.1) is 0 Å². The van der Waals surface area contributed by atoms with Gasteiger partial charge >= 0.3 is 0 Å². The van der Waals surface area contributed by atoms with Crippen LogP contribution in [0.2, 0.25) is 0 Å². The van der Waals surface area contributed by atoms with Crippen molar-refractivity contribution in [3.63, 3.8) is 0 Å². The Morgan fingerprint density at radius 2 is 1.85 bits per heavy atom. The summed E-state index contributed by atoms with van der Waals surface area (Å²) in [5.74, 6) is -0.802. The molecule has 0 spiro atoms. The van der Waals surface area contributed by atoms with Gasteiger partial charge in [0, 0.05) is 24.0 Å². The Morgan fingerprint density at radius 1 is 1.15 bits per heavy atom. The molecule has 5 heteroatoms. The predicted octanol–water partition coefficient (Wildman–Crippen LogP) is -0.484. The summed E-state index contributed by atoms with van der Waals surface area (Å²) < 4.78 is 0. The van der Waals surface area contributed by atoms with Crippen LogP contribution in [0.1, 0.15) is 5.56 Å². The van der Waals surface area contributed by atoms with Crippen LogP contribution in [-0.4, -0.2) is 21.8 Å². The fourth-order valence-corrected chi connectivity index (χ4v) is 1.06. The van der Waals surface area contributed by atoms with E-state index in [4.69, 9.17) is 0 Å². The minimum absolute atomic E-state index is 0.311. The first kappa shape index (κ1) is 7.60. The molecule has 1 aliphatic rings. The first-order valence-corrected chi connectivity index (χ1v) is 3.60. The van der Waals surface area contributed by atoms with Crippen LogP contribution in [0.5, 0.6) is 0 Å². The zero-order valence-corrected chi connectivity index (χ0v) is 6.52. The van der Waals surface area contributed by atoms with Gasteiger partial charge in [-0.2, -0.15) is 0 Å². The minimum Gasteiger partial charge on any atom is -0.289 e. The summed E-state index contributed by atoms with van der Waals surface area (Å²) in [6, 6.07) is 0. The van der Waals surface area contributed by atoms with E-state index >= 15 is 0 Å². The largest absolute Gasteiger partial charge is 0.289 e. The Labute approximate surface area is 73.5 Å². The van der Waals surface area contributed by atoms with Gasteiger partial charge in [-0.1, -0.05) is 0 Å². The van der Waals surface area contributed by atoms with E-state index in [1.54, 1.807) is 0 Å². The molecule has 13 heavy (non-hydrogen) atoms. The zero-order valence-electron chi connectivity index (χ0n) is 6.52. The number of rotatable bonds is 1. The van der Waals surface area contributed by atoms with Crippen LogP contribution < -0.4 is 5.32 Å². The summed E-state index contributed by atoms with van der Waals surface area (Å²) in [5.41, 5.74) is 0.858. The molecule has 0 saturated heterocycles. The predicted molar refractivity (Wildman–Crippen MR) is 43.2 cm³/mol. The van der Waals surface area contributed by atoms with Crippen LogP contribution in [0.3, 0.4) is 0 Å². The molecule has 2 heterocycles. The fourth-order valence-electron chi connectivity index (χ4n) is 1.06. The molecule has 5 nitrogen and oxygen atoms in total. The van der Waals surface area contributed by atoms with Crippen molar-refractivity contribution in [1.82, 2.24) is 15.3 Å². The van der Waals surface area contributed by atoms with Gasteiger partial charge in [-0.3, -0.25) is 14.9 Å². The van der Waals surface area contributed by atoms with Crippen LogP contribution >= 0.6 is 0 Å². The van der Waals surface area contributed by atoms with E-state index < -0.39 is 11.8 Å². The summed E-state index contributed by atoms with van der Waals surface area (Å²) in [6.07, 6.45) is 5.56. The summed E-state index contributed by atoms with van der Waals surface area (Å²) >= 11 is 0. The third-order valence-corrected chi connectivity index (χ3v) is 1.63. The van der Waals surface area contributed by atoms with E-state index in [0.29, 0.717) is 11.1 Å². The molecule has 1 aromatic rings. The Hall–Kier alpha value is -2.04. The van der Waals surface area contributed by atoms with Crippen molar-refractivity contribution in [3.8, 4) is 0 Å². The highest BCUT2D eigenvalue weighted by atomic mass is 16.2. The summed E-state index contributed by atoms with van der Waals surface area (Å²) in [5, 5.41) is 2.14. The monoisotopic (exact) mass is 175 g/mol.